The van der Waals surface area contributed by atoms with Crippen molar-refractivity contribution >= 4 is 15.1 Å². The zero-order chi connectivity index (χ0) is 13.0. The van der Waals surface area contributed by atoms with Gasteiger partial charge in [-0.1, -0.05) is 0 Å². The minimum atomic E-state index is -1.07. The quantitative estimate of drug-likeness (QED) is 0.609. The fraction of sp³-hybridized carbons (Fsp3) is 0.273. The van der Waals surface area contributed by atoms with E-state index in [-0.39, 0.29) is 18.1 Å². The third-order valence-corrected chi connectivity index (χ3v) is 3.30. The van der Waals surface area contributed by atoms with Crippen LogP contribution in [0.25, 0.3) is 0 Å². The Morgan fingerprint density at radius 1 is 1.47 bits per heavy atom. The average Bonchev–Trinajstić information content (AvgIpc) is 2.21. The summed E-state index contributed by atoms with van der Waals surface area (Å²) in [5.74, 6) is -1.26. The molecule has 0 saturated carbocycles. The van der Waals surface area contributed by atoms with E-state index < -0.39 is 12.0 Å². The third-order valence-electron chi connectivity index (χ3n) is 2.13. The van der Waals surface area contributed by atoms with Crippen molar-refractivity contribution < 1.29 is 44.5 Å². The molecule has 0 saturated heterocycles. The van der Waals surface area contributed by atoms with Gasteiger partial charge in [0.2, 0.25) is 0 Å². The third kappa shape index (κ3) is 4.31. The zero-order valence-corrected chi connectivity index (χ0v) is 12.0. The molecule has 0 fully saturated rings. The van der Waals surface area contributed by atoms with Crippen molar-refractivity contribution in [3.8, 4) is 5.75 Å². The van der Waals surface area contributed by atoms with Crippen LogP contribution in [-0.2, 0) is 16.0 Å². The van der Waals surface area contributed by atoms with Gasteiger partial charge in [0.15, 0.2) is 0 Å². The van der Waals surface area contributed by atoms with Crippen molar-refractivity contribution in [2.75, 3.05) is 0 Å². The number of amides is 1. The van der Waals surface area contributed by atoms with Gasteiger partial charge < -0.3 is 0 Å². The van der Waals surface area contributed by atoms with Crippen LogP contribution in [0.4, 0.5) is 0 Å². The van der Waals surface area contributed by atoms with Gasteiger partial charge in [0.1, 0.15) is 0 Å². The summed E-state index contributed by atoms with van der Waals surface area (Å²) in [4.78, 5) is 21.8. The van der Waals surface area contributed by atoms with Crippen molar-refractivity contribution in [3.63, 3.8) is 0 Å². The number of phenolic OH excluding ortho intramolecular Hbond substituents is 1. The summed E-state index contributed by atoms with van der Waals surface area (Å²) >= 11 is 1.31. The molecule has 1 atom stereocenters. The molecule has 17 heavy (non-hydrogen) atoms. The molecule has 0 spiro atoms. The van der Waals surface area contributed by atoms with E-state index in [4.69, 9.17) is 5.11 Å². The van der Waals surface area contributed by atoms with Crippen molar-refractivity contribution in [1.29, 1.82) is 0 Å². The number of aromatic hydroxyl groups is 1. The Labute approximate surface area is 114 Å². The maximum atomic E-state index is 10.9. The molecule has 0 unspecified atom stereocenters. The molecular formula is C11H12AtNO4. The van der Waals surface area contributed by atoms with Gasteiger partial charge in [-0.25, -0.2) is 0 Å². The zero-order valence-electron chi connectivity index (χ0n) is 9.11. The Hall–Kier alpha value is -1.16. The van der Waals surface area contributed by atoms with Crippen LogP contribution in [0.5, 0.6) is 5.75 Å². The van der Waals surface area contributed by atoms with Gasteiger partial charge >= 0.3 is 114 Å². The number of hydrogen-bond donors (Lipinski definition) is 3. The predicted molar refractivity (Wildman–Crippen MR) is 56.7 cm³/mol. The van der Waals surface area contributed by atoms with E-state index >= 15 is 0 Å². The number of hydrogen-bond acceptors (Lipinski definition) is 3. The van der Waals surface area contributed by atoms with Gasteiger partial charge in [-0.15, -0.1) is 0 Å². The van der Waals surface area contributed by atoms with E-state index in [0.717, 1.165) is 8.83 Å². The molecule has 1 aromatic carbocycles. The molecule has 1 amide bonds. The van der Waals surface area contributed by atoms with E-state index in [2.05, 4.69) is 5.32 Å². The first kappa shape index (κ1) is 13.9. The van der Waals surface area contributed by atoms with Gasteiger partial charge in [0.05, 0.1) is 0 Å². The second-order valence-corrected chi connectivity index (χ2v) is 5.16. The van der Waals surface area contributed by atoms with Crippen LogP contribution in [0, 0.1) is 24.7 Å². The Balaban J connectivity index is 2.82. The number of benzene rings is 1. The van der Waals surface area contributed by atoms with Crippen LogP contribution >= 0.6 is 0 Å². The number of aliphatic carboxylic acids is 1. The number of nitrogens with one attached hydrogen (secondary N) is 1. The van der Waals surface area contributed by atoms with Crippen molar-refractivity contribution in [2.24, 2.45) is 0 Å². The molecule has 0 aromatic heterocycles. The number of carbonyl (C=O) groups is 2. The molecule has 1 rings (SSSR count). The summed E-state index contributed by atoms with van der Waals surface area (Å²) in [5.41, 5.74) is 0.765. The molecule has 0 radical (unpaired) electrons. The second kappa shape index (κ2) is 5.96. The topological polar surface area (TPSA) is 86.6 Å². The Morgan fingerprint density at radius 3 is 2.59 bits per heavy atom. The molecular weight excluding hydrogens is 421 g/mol. The minimum absolute atomic E-state index is 0.191. The number of carboxylic acid groups (broad SMARTS) is 1. The molecule has 0 aliphatic carbocycles. The van der Waals surface area contributed by atoms with E-state index in [1.807, 2.05) is 0 Å². The van der Waals surface area contributed by atoms with Crippen molar-refractivity contribution in [3.05, 3.63) is 23.8 Å². The van der Waals surface area contributed by atoms with Gasteiger partial charge in [0.25, 0.3) is 0 Å². The SMILES string of the molecule is CC(=O)N[C@@H](Cc1ccc(O)c([211At])c1)C(=O)O. The molecule has 1 aromatic rings. The fourth-order valence-corrected chi connectivity index (χ4v) is 2.15. The summed E-state index contributed by atoms with van der Waals surface area (Å²) in [6, 6.07) is 3.96. The normalized spacial score (nSPS) is 11.9. The van der Waals surface area contributed by atoms with Crippen LogP contribution in [-0.4, -0.2) is 28.1 Å². The first-order valence-electron chi connectivity index (χ1n) is 4.87. The van der Waals surface area contributed by atoms with Gasteiger partial charge in [-0.3, -0.25) is 0 Å². The van der Waals surface area contributed by atoms with Crippen LogP contribution in [0.3, 0.4) is 0 Å². The molecule has 92 valence electrons. The molecule has 0 aliphatic rings. The second-order valence-electron chi connectivity index (χ2n) is 3.58. The molecule has 0 aliphatic heterocycles. The van der Waals surface area contributed by atoms with Gasteiger partial charge in [0, 0.05) is 0 Å². The maximum absolute atomic E-state index is 10.9. The number of carbonyl (C=O) groups excluding carboxylic acids is 1. The molecule has 0 bridgehead atoms. The standard InChI is InChI=1S/C11H12AtNO4/c1-6(14)13-9(11(16)17)5-7-2-3-10(15)8(12)4-7/h2-4,9,15H,5H2,1H3,(H,13,14)(H,16,17)/t9-/m0/s1/i12+1. The van der Waals surface area contributed by atoms with Crippen LogP contribution in [0.1, 0.15) is 12.5 Å². The van der Waals surface area contributed by atoms with Gasteiger partial charge in [-0.2, -0.15) is 0 Å². The first-order valence-corrected chi connectivity index (χ1v) is 6.34. The summed E-state index contributed by atoms with van der Waals surface area (Å²) < 4.78 is 0.731. The first-order chi connectivity index (χ1) is 7.90. The molecule has 0 heterocycles. The number of rotatable bonds is 4. The average molecular weight is 433 g/mol. The predicted octanol–water partition coefficient (Wildman–Crippen LogP) is -0.301. The van der Waals surface area contributed by atoms with E-state index in [9.17, 15) is 14.7 Å². The summed E-state index contributed by atoms with van der Waals surface area (Å²) in [6.45, 7) is 1.28. The number of carboxylic acids is 1. The van der Waals surface area contributed by atoms with Crippen LogP contribution in [0.15, 0.2) is 18.2 Å². The summed E-state index contributed by atoms with van der Waals surface area (Å²) in [6.07, 6.45) is 0.199. The fourth-order valence-electron chi connectivity index (χ4n) is 1.36. The van der Waals surface area contributed by atoms with E-state index in [1.54, 1.807) is 12.1 Å². The molecule has 5 nitrogen and oxygen atoms in total. The van der Waals surface area contributed by atoms with E-state index in [0.29, 0.717) is 0 Å². The summed E-state index contributed by atoms with van der Waals surface area (Å²) in [7, 11) is 0. The van der Waals surface area contributed by atoms with Crippen molar-refractivity contribution in [2.45, 2.75) is 19.4 Å². The van der Waals surface area contributed by atoms with Crippen molar-refractivity contribution in [1.82, 2.24) is 5.32 Å². The van der Waals surface area contributed by atoms with E-state index in [1.165, 1.54) is 37.7 Å². The molecule has 6 heteroatoms. The Bertz CT molecular complexity index is 447. The van der Waals surface area contributed by atoms with Crippen LogP contribution in [0.2, 0.25) is 0 Å². The Morgan fingerprint density at radius 2 is 2.12 bits per heavy atom. The number of phenols is 1. The molecule has 3 N–H and O–H groups in total. The Kier molecular flexibility index (Phi) is 4.88. The van der Waals surface area contributed by atoms with Gasteiger partial charge in [-0.05, 0) is 0 Å². The monoisotopic (exact) mass is 433 g/mol. The van der Waals surface area contributed by atoms with Crippen LogP contribution < -0.4 is 8.59 Å². The summed E-state index contributed by atoms with van der Waals surface area (Å²) in [5, 5.41) is 20.7.